The number of carbonyl (C=O) groups is 3. The minimum Gasteiger partial charge on any atom is -0.465 e. The van der Waals surface area contributed by atoms with Gasteiger partial charge in [-0.25, -0.2) is 4.79 Å². The molecule has 7 heteroatoms. The lowest BCUT2D eigenvalue weighted by Gasteiger charge is -2.54. The summed E-state index contributed by atoms with van der Waals surface area (Å²) in [4.78, 5) is 38.5. The van der Waals surface area contributed by atoms with E-state index in [0.717, 1.165) is 0 Å². The van der Waals surface area contributed by atoms with E-state index in [0.29, 0.717) is 24.1 Å². The van der Waals surface area contributed by atoms with Gasteiger partial charge >= 0.3 is 17.8 Å². The molecule has 142 valence electrons. The number of carbonyl (C=O) groups excluding carboxylic acids is 3. The van der Waals surface area contributed by atoms with E-state index in [-0.39, 0.29) is 6.04 Å². The predicted octanol–water partition coefficient (Wildman–Crippen LogP) is 1.92. The summed E-state index contributed by atoms with van der Waals surface area (Å²) in [5.74, 6) is -1.77. The first kappa shape index (κ1) is 19.9. The monoisotopic (exact) mass is 361 g/mol. The summed E-state index contributed by atoms with van der Waals surface area (Å²) in [5.41, 5.74) is 5.87. The highest BCUT2D eigenvalue weighted by atomic mass is 16.5. The molecule has 0 saturated carbocycles. The Morgan fingerprint density at radius 2 is 1.58 bits per heavy atom. The van der Waals surface area contributed by atoms with Crippen molar-refractivity contribution in [3.8, 4) is 0 Å². The minimum atomic E-state index is -0.715. The number of rotatable bonds is 2. The molecular formula is C19H27N3O4. The minimum absolute atomic E-state index is 0.0158. The van der Waals surface area contributed by atoms with Gasteiger partial charge in [0.25, 0.3) is 0 Å². The number of hydrogen-bond donors (Lipinski definition) is 2. The number of anilines is 1. The first-order valence-electron chi connectivity index (χ1n) is 8.57. The van der Waals surface area contributed by atoms with Crippen LogP contribution in [0.3, 0.4) is 0 Å². The molecule has 1 saturated heterocycles. The molecule has 7 nitrogen and oxygen atoms in total. The van der Waals surface area contributed by atoms with Gasteiger partial charge in [-0.15, -0.1) is 0 Å². The average Bonchev–Trinajstić information content (AvgIpc) is 2.51. The number of benzene rings is 1. The molecule has 0 atom stereocenters. The van der Waals surface area contributed by atoms with Gasteiger partial charge in [0, 0.05) is 22.8 Å². The average molecular weight is 361 g/mol. The van der Waals surface area contributed by atoms with Crippen molar-refractivity contribution >= 4 is 23.5 Å². The molecule has 1 aromatic carbocycles. The van der Waals surface area contributed by atoms with Crippen LogP contribution in [0, 0.1) is 0 Å². The summed E-state index contributed by atoms with van der Waals surface area (Å²) in [6, 6.07) is 6.15. The van der Waals surface area contributed by atoms with Gasteiger partial charge in [-0.1, -0.05) is 0 Å². The van der Waals surface area contributed by atoms with Crippen LogP contribution in [0.25, 0.3) is 0 Å². The van der Waals surface area contributed by atoms with Gasteiger partial charge in [0.1, 0.15) is 0 Å². The number of nitrogens with one attached hydrogen (secondary N) is 1. The first-order chi connectivity index (χ1) is 12.0. The number of esters is 1. The van der Waals surface area contributed by atoms with E-state index in [1.54, 1.807) is 17.0 Å². The number of likely N-dealkylation sites (tertiary alicyclic amines) is 1. The number of hydrogen-bond acceptors (Lipinski definition) is 5. The van der Waals surface area contributed by atoms with Crippen LogP contribution in [0.1, 0.15) is 50.9 Å². The zero-order valence-corrected chi connectivity index (χ0v) is 16.0. The molecule has 0 aromatic heterocycles. The topological polar surface area (TPSA) is 102 Å². The van der Waals surface area contributed by atoms with Crippen LogP contribution in [-0.2, 0) is 14.3 Å². The molecule has 0 radical (unpaired) electrons. The SMILES string of the molecule is COC(=O)c1ccc(NC(=O)C(=O)N2C(C)(C)CC(N)CC2(C)C)cc1. The molecule has 1 aliphatic heterocycles. The van der Waals surface area contributed by atoms with Crippen molar-refractivity contribution < 1.29 is 19.1 Å². The Morgan fingerprint density at radius 1 is 1.08 bits per heavy atom. The van der Waals surface area contributed by atoms with E-state index in [9.17, 15) is 14.4 Å². The Hall–Kier alpha value is -2.41. The lowest BCUT2D eigenvalue weighted by Crippen LogP contribution is -2.66. The summed E-state index contributed by atoms with van der Waals surface area (Å²) >= 11 is 0. The number of methoxy groups -OCH3 is 1. The third-order valence-electron chi connectivity index (χ3n) is 4.70. The maximum absolute atomic E-state index is 12.9. The molecule has 26 heavy (non-hydrogen) atoms. The van der Waals surface area contributed by atoms with Crippen molar-refractivity contribution in [2.45, 2.75) is 57.7 Å². The summed E-state index contributed by atoms with van der Waals surface area (Å²) in [7, 11) is 1.30. The second-order valence-corrected chi connectivity index (χ2v) is 7.96. The second-order valence-electron chi connectivity index (χ2n) is 7.96. The molecule has 0 bridgehead atoms. The summed E-state index contributed by atoms with van der Waals surface area (Å²) < 4.78 is 4.63. The fourth-order valence-corrected chi connectivity index (χ4v) is 4.00. The summed E-state index contributed by atoms with van der Waals surface area (Å²) in [6.07, 6.45) is 1.26. The van der Waals surface area contributed by atoms with E-state index in [4.69, 9.17) is 5.73 Å². The number of piperidine rings is 1. The van der Waals surface area contributed by atoms with Crippen LogP contribution >= 0.6 is 0 Å². The molecule has 0 aliphatic carbocycles. The maximum Gasteiger partial charge on any atom is 0.337 e. The highest BCUT2D eigenvalue weighted by Gasteiger charge is 2.48. The van der Waals surface area contributed by atoms with Crippen molar-refractivity contribution in [1.29, 1.82) is 0 Å². The Morgan fingerprint density at radius 3 is 2.04 bits per heavy atom. The Kier molecular flexibility index (Phi) is 5.41. The number of ether oxygens (including phenoxy) is 1. The van der Waals surface area contributed by atoms with Gasteiger partial charge in [-0.2, -0.15) is 0 Å². The van der Waals surface area contributed by atoms with Crippen molar-refractivity contribution in [2.24, 2.45) is 5.73 Å². The fraction of sp³-hybridized carbons (Fsp3) is 0.526. The zero-order chi connectivity index (χ0) is 19.7. The molecule has 1 heterocycles. The molecule has 1 fully saturated rings. The van der Waals surface area contributed by atoms with Crippen molar-refractivity contribution in [1.82, 2.24) is 4.90 Å². The van der Waals surface area contributed by atoms with Crippen LogP contribution in [-0.4, -0.2) is 46.9 Å². The lowest BCUT2D eigenvalue weighted by molar-refractivity contribution is -0.156. The van der Waals surface area contributed by atoms with Crippen LogP contribution in [0.5, 0.6) is 0 Å². The quantitative estimate of drug-likeness (QED) is 0.619. The van der Waals surface area contributed by atoms with E-state index in [1.807, 2.05) is 27.7 Å². The van der Waals surface area contributed by atoms with Crippen LogP contribution in [0.2, 0.25) is 0 Å². The molecule has 1 aromatic rings. The van der Waals surface area contributed by atoms with Gasteiger partial charge in [0.15, 0.2) is 0 Å². The first-order valence-corrected chi connectivity index (χ1v) is 8.57. The van der Waals surface area contributed by atoms with Crippen LogP contribution < -0.4 is 11.1 Å². The Labute approximate surface area is 153 Å². The van der Waals surface area contributed by atoms with Crippen molar-refractivity contribution in [3.05, 3.63) is 29.8 Å². The van der Waals surface area contributed by atoms with E-state index < -0.39 is 28.9 Å². The van der Waals surface area contributed by atoms with Gasteiger partial charge in [0.05, 0.1) is 12.7 Å². The number of nitrogens with zero attached hydrogens (tertiary/aromatic N) is 1. The second kappa shape index (κ2) is 7.07. The molecular weight excluding hydrogens is 334 g/mol. The molecule has 1 aliphatic rings. The molecule has 0 spiro atoms. The largest absolute Gasteiger partial charge is 0.465 e. The Balaban J connectivity index is 2.16. The highest BCUT2D eigenvalue weighted by Crippen LogP contribution is 2.37. The van der Waals surface area contributed by atoms with Crippen molar-refractivity contribution in [3.63, 3.8) is 0 Å². The van der Waals surface area contributed by atoms with E-state index >= 15 is 0 Å². The third-order valence-corrected chi connectivity index (χ3v) is 4.70. The van der Waals surface area contributed by atoms with Gasteiger partial charge in [0.2, 0.25) is 0 Å². The summed E-state index contributed by atoms with van der Waals surface area (Å²) in [5, 5.41) is 2.60. The number of amides is 2. The standard InChI is InChI=1S/C19H27N3O4/c1-18(2)10-13(20)11-19(3,4)22(18)16(24)15(23)21-14-8-6-12(7-9-14)17(25)26-5/h6-9,13H,10-11,20H2,1-5H3,(H,21,23). The fourth-order valence-electron chi connectivity index (χ4n) is 4.00. The van der Waals surface area contributed by atoms with Gasteiger partial charge in [-0.05, 0) is 64.8 Å². The Bertz CT molecular complexity index is 692. The van der Waals surface area contributed by atoms with Crippen LogP contribution in [0.15, 0.2) is 24.3 Å². The maximum atomic E-state index is 12.9. The molecule has 0 unspecified atom stereocenters. The van der Waals surface area contributed by atoms with Gasteiger partial charge < -0.3 is 20.7 Å². The summed E-state index contributed by atoms with van der Waals surface area (Å²) in [6.45, 7) is 7.68. The van der Waals surface area contributed by atoms with Crippen LogP contribution in [0.4, 0.5) is 5.69 Å². The van der Waals surface area contributed by atoms with E-state index in [1.165, 1.54) is 19.2 Å². The predicted molar refractivity (Wildman–Crippen MR) is 98.6 cm³/mol. The lowest BCUT2D eigenvalue weighted by atomic mass is 9.77. The molecule has 2 amide bonds. The van der Waals surface area contributed by atoms with Crippen molar-refractivity contribution in [2.75, 3.05) is 12.4 Å². The molecule has 2 rings (SSSR count). The van der Waals surface area contributed by atoms with E-state index in [2.05, 4.69) is 10.1 Å². The third kappa shape index (κ3) is 4.04. The number of nitrogens with two attached hydrogens (primary N) is 1. The highest BCUT2D eigenvalue weighted by molar-refractivity contribution is 6.39. The zero-order valence-electron chi connectivity index (χ0n) is 16.0. The van der Waals surface area contributed by atoms with Gasteiger partial charge in [-0.3, -0.25) is 9.59 Å². The molecule has 3 N–H and O–H groups in total. The smallest absolute Gasteiger partial charge is 0.337 e. The normalized spacial score (nSPS) is 18.9.